The first-order valence-electron chi connectivity index (χ1n) is 7.86. The number of carbonyl (C=O) groups is 1. The van der Waals surface area contributed by atoms with Gasteiger partial charge in [-0.3, -0.25) is 15.1 Å². The minimum absolute atomic E-state index is 0.223. The van der Waals surface area contributed by atoms with E-state index in [2.05, 4.69) is 38.0 Å². The van der Waals surface area contributed by atoms with E-state index < -0.39 is 0 Å². The van der Waals surface area contributed by atoms with Crippen LogP contribution < -0.4 is 11.3 Å². The molecule has 4 nitrogen and oxygen atoms in total. The molecule has 1 amide bonds. The molecule has 118 valence electrons. The zero-order valence-corrected chi connectivity index (χ0v) is 13.7. The van der Waals surface area contributed by atoms with E-state index in [4.69, 9.17) is 5.84 Å². The Morgan fingerprint density at radius 3 is 2.38 bits per heavy atom. The predicted octanol–water partition coefficient (Wildman–Crippen LogP) is 2.94. The summed E-state index contributed by atoms with van der Waals surface area (Å²) in [5.74, 6) is 5.66. The summed E-state index contributed by atoms with van der Waals surface area (Å²) in [4.78, 5) is 14.4. The number of nitrogens with two attached hydrogens (primary N) is 1. The normalized spacial score (nSPS) is 11.4. The molecule has 0 aliphatic rings. The summed E-state index contributed by atoms with van der Waals surface area (Å²) in [5.41, 5.74) is 3.94. The number of rotatable bonds is 8. The van der Waals surface area contributed by atoms with Crippen molar-refractivity contribution in [3.63, 3.8) is 0 Å². The van der Waals surface area contributed by atoms with Crippen LogP contribution in [0.4, 0.5) is 0 Å². The van der Waals surface area contributed by atoms with Crippen LogP contribution in [0.3, 0.4) is 0 Å². The highest BCUT2D eigenvalue weighted by Gasteiger charge is 2.19. The van der Waals surface area contributed by atoms with Gasteiger partial charge < -0.3 is 0 Å². The molecule has 21 heavy (non-hydrogen) atoms. The van der Waals surface area contributed by atoms with Crippen molar-refractivity contribution < 1.29 is 4.79 Å². The standard InChI is InChI=1S/C17H29N3O/c1-5-15(6-2)20(11-13(3)4)12-14-9-7-8-10-16(14)17(21)19-18/h7-10,13,15H,5-6,11-12,18H2,1-4H3,(H,19,21). The van der Waals surface area contributed by atoms with Crippen LogP contribution in [0, 0.1) is 5.92 Å². The Bertz CT molecular complexity index is 441. The number of hydrogen-bond acceptors (Lipinski definition) is 3. The van der Waals surface area contributed by atoms with Gasteiger partial charge in [0.25, 0.3) is 5.91 Å². The SMILES string of the molecule is CCC(CC)N(Cc1ccccc1C(=O)NN)CC(C)C. The number of amides is 1. The molecule has 0 radical (unpaired) electrons. The second kappa shape index (κ2) is 8.80. The molecule has 1 rings (SSSR count). The van der Waals surface area contributed by atoms with Crippen molar-refractivity contribution in [1.82, 2.24) is 10.3 Å². The number of benzene rings is 1. The molecule has 1 aromatic rings. The van der Waals surface area contributed by atoms with Crippen LogP contribution in [0.5, 0.6) is 0 Å². The Labute approximate surface area is 128 Å². The van der Waals surface area contributed by atoms with Gasteiger partial charge in [0, 0.05) is 24.7 Å². The monoisotopic (exact) mass is 291 g/mol. The molecule has 0 spiro atoms. The summed E-state index contributed by atoms with van der Waals surface area (Å²) in [6.07, 6.45) is 2.24. The first kappa shape index (κ1) is 17.7. The van der Waals surface area contributed by atoms with E-state index in [-0.39, 0.29) is 5.91 Å². The van der Waals surface area contributed by atoms with Crippen molar-refractivity contribution >= 4 is 5.91 Å². The van der Waals surface area contributed by atoms with Crippen molar-refractivity contribution in [3.05, 3.63) is 35.4 Å². The topological polar surface area (TPSA) is 58.4 Å². The van der Waals surface area contributed by atoms with Crippen molar-refractivity contribution in [2.24, 2.45) is 11.8 Å². The molecule has 0 unspecified atom stereocenters. The first-order valence-corrected chi connectivity index (χ1v) is 7.86. The van der Waals surface area contributed by atoms with E-state index in [0.717, 1.165) is 31.5 Å². The molecule has 0 aromatic heterocycles. The van der Waals surface area contributed by atoms with Crippen LogP contribution >= 0.6 is 0 Å². The maximum Gasteiger partial charge on any atom is 0.265 e. The predicted molar refractivity (Wildman–Crippen MR) is 87.7 cm³/mol. The van der Waals surface area contributed by atoms with Crippen molar-refractivity contribution in [2.45, 2.75) is 53.1 Å². The molecule has 0 atom stereocenters. The largest absolute Gasteiger partial charge is 0.296 e. The second-order valence-electron chi connectivity index (χ2n) is 5.92. The molecule has 0 heterocycles. The molecular weight excluding hydrogens is 262 g/mol. The fourth-order valence-corrected chi connectivity index (χ4v) is 2.79. The third-order valence-electron chi connectivity index (χ3n) is 3.83. The van der Waals surface area contributed by atoms with Crippen LogP contribution in [-0.2, 0) is 6.54 Å². The van der Waals surface area contributed by atoms with Gasteiger partial charge in [0.2, 0.25) is 0 Å². The lowest BCUT2D eigenvalue weighted by molar-refractivity contribution is 0.0949. The summed E-state index contributed by atoms with van der Waals surface area (Å²) in [5, 5.41) is 0. The van der Waals surface area contributed by atoms with Gasteiger partial charge in [-0.1, -0.05) is 45.9 Å². The summed E-state index contributed by atoms with van der Waals surface area (Å²) in [6.45, 7) is 10.7. The van der Waals surface area contributed by atoms with Gasteiger partial charge in [-0.25, -0.2) is 5.84 Å². The molecule has 0 aliphatic carbocycles. The van der Waals surface area contributed by atoms with E-state index in [0.29, 0.717) is 17.5 Å². The van der Waals surface area contributed by atoms with Crippen LogP contribution in [0.1, 0.15) is 56.5 Å². The van der Waals surface area contributed by atoms with Gasteiger partial charge in [-0.15, -0.1) is 0 Å². The molecule has 0 saturated carbocycles. The second-order valence-corrected chi connectivity index (χ2v) is 5.92. The molecular formula is C17H29N3O. The van der Waals surface area contributed by atoms with Gasteiger partial charge in [0.15, 0.2) is 0 Å². The highest BCUT2D eigenvalue weighted by atomic mass is 16.2. The summed E-state index contributed by atoms with van der Waals surface area (Å²) >= 11 is 0. The van der Waals surface area contributed by atoms with E-state index >= 15 is 0 Å². The highest BCUT2D eigenvalue weighted by Crippen LogP contribution is 2.18. The summed E-state index contributed by atoms with van der Waals surface area (Å²) in [6, 6.07) is 8.24. The summed E-state index contributed by atoms with van der Waals surface area (Å²) < 4.78 is 0. The molecule has 1 aromatic carbocycles. The first-order chi connectivity index (χ1) is 10.0. The van der Waals surface area contributed by atoms with Crippen molar-refractivity contribution in [2.75, 3.05) is 6.54 Å². The summed E-state index contributed by atoms with van der Waals surface area (Å²) in [7, 11) is 0. The Morgan fingerprint density at radius 2 is 1.86 bits per heavy atom. The average Bonchev–Trinajstić information content (AvgIpc) is 2.47. The Morgan fingerprint density at radius 1 is 1.24 bits per heavy atom. The van der Waals surface area contributed by atoms with Crippen LogP contribution in [-0.4, -0.2) is 23.4 Å². The lowest BCUT2D eigenvalue weighted by atomic mass is 10.0. The number of hydrogen-bond donors (Lipinski definition) is 2. The third-order valence-corrected chi connectivity index (χ3v) is 3.83. The minimum atomic E-state index is -0.223. The van der Waals surface area contributed by atoms with E-state index in [1.807, 2.05) is 24.3 Å². The Kier molecular flexibility index (Phi) is 7.40. The fourth-order valence-electron chi connectivity index (χ4n) is 2.79. The molecule has 0 fully saturated rings. The lowest BCUT2D eigenvalue weighted by Gasteiger charge is -2.32. The Hall–Kier alpha value is -1.39. The number of nitrogens with zero attached hydrogens (tertiary/aromatic N) is 1. The molecule has 3 N–H and O–H groups in total. The maximum absolute atomic E-state index is 11.9. The molecule has 4 heteroatoms. The molecule has 0 aliphatic heterocycles. The lowest BCUT2D eigenvalue weighted by Crippen LogP contribution is -2.38. The van der Waals surface area contributed by atoms with E-state index in [9.17, 15) is 4.79 Å². The van der Waals surface area contributed by atoms with Crippen LogP contribution in [0.2, 0.25) is 0 Å². The number of nitrogens with one attached hydrogen (secondary N) is 1. The number of nitrogen functional groups attached to an aromatic ring is 1. The van der Waals surface area contributed by atoms with Gasteiger partial charge in [-0.2, -0.15) is 0 Å². The van der Waals surface area contributed by atoms with E-state index in [1.165, 1.54) is 0 Å². The van der Waals surface area contributed by atoms with Gasteiger partial charge in [0.05, 0.1) is 0 Å². The molecule has 0 saturated heterocycles. The zero-order chi connectivity index (χ0) is 15.8. The molecule has 0 bridgehead atoms. The minimum Gasteiger partial charge on any atom is -0.296 e. The van der Waals surface area contributed by atoms with Gasteiger partial charge in [-0.05, 0) is 30.4 Å². The third kappa shape index (κ3) is 5.14. The fraction of sp³-hybridized carbons (Fsp3) is 0.588. The quantitative estimate of drug-likeness (QED) is 0.440. The van der Waals surface area contributed by atoms with Crippen LogP contribution in [0.15, 0.2) is 24.3 Å². The zero-order valence-electron chi connectivity index (χ0n) is 13.7. The Balaban J connectivity index is 3.00. The van der Waals surface area contributed by atoms with Crippen molar-refractivity contribution in [1.29, 1.82) is 0 Å². The van der Waals surface area contributed by atoms with Crippen molar-refractivity contribution in [3.8, 4) is 0 Å². The maximum atomic E-state index is 11.9. The van der Waals surface area contributed by atoms with Gasteiger partial charge in [0.1, 0.15) is 0 Å². The number of hydrazine groups is 1. The van der Waals surface area contributed by atoms with Gasteiger partial charge >= 0.3 is 0 Å². The van der Waals surface area contributed by atoms with Crippen LogP contribution in [0.25, 0.3) is 0 Å². The highest BCUT2D eigenvalue weighted by molar-refractivity contribution is 5.95. The average molecular weight is 291 g/mol. The van der Waals surface area contributed by atoms with E-state index in [1.54, 1.807) is 0 Å². The smallest absolute Gasteiger partial charge is 0.265 e. The number of carbonyl (C=O) groups excluding carboxylic acids is 1.